The molecule has 0 heterocycles. The molecule has 1 nitrogen and oxygen atoms in total. The summed E-state index contributed by atoms with van der Waals surface area (Å²) in [5.41, 5.74) is 0.583. The zero-order valence-electron chi connectivity index (χ0n) is 10.4. The van der Waals surface area contributed by atoms with E-state index < -0.39 is 23.6 Å². The molecule has 2 aromatic carbocycles. The molecule has 0 aliphatic rings. The molecular weight excluding hydrogens is 289 g/mol. The Morgan fingerprint density at radius 3 is 2.30 bits per heavy atom. The largest absolute Gasteiger partial charge is 0.392 e. The van der Waals surface area contributed by atoms with E-state index in [-0.39, 0.29) is 23.4 Å². The van der Waals surface area contributed by atoms with Crippen molar-refractivity contribution in [3.63, 3.8) is 0 Å². The number of hydrogen-bond acceptors (Lipinski definition) is 1. The van der Waals surface area contributed by atoms with Crippen molar-refractivity contribution >= 4 is 11.6 Å². The monoisotopic (exact) mass is 300 g/mol. The SMILES string of the molecule is OC(Cc1cc(F)cc(F)c1)Cc1cccc(Cl)c1F. The first-order valence-corrected chi connectivity index (χ1v) is 6.39. The fraction of sp³-hybridized carbons (Fsp3) is 0.200. The standard InChI is InChI=1S/C15H12ClF3O/c16-14-3-1-2-10(15(14)19)7-13(20)6-9-4-11(17)8-12(18)5-9/h1-5,8,13,20H,6-7H2. The van der Waals surface area contributed by atoms with Crippen molar-refractivity contribution < 1.29 is 18.3 Å². The average molecular weight is 301 g/mol. The second-order valence-electron chi connectivity index (χ2n) is 4.55. The van der Waals surface area contributed by atoms with Gasteiger partial charge in [-0.3, -0.25) is 0 Å². The number of rotatable bonds is 4. The van der Waals surface area contributed by atoms with Crippen LogP contribution in [0.3, 0.4) is 0 Å². The van der Waals surface area contributed by atoms with Crippen LogP contribution in [0, 0.1) is 17.5 Å². The molecule has 2 rings (SSSR count). The lowest BCUT2D eigenvalue weighted by molar-refractivity contribution is 0.174. The van der Waals surface area contributed by atoms with Gasteiger partial charge in [-0.15, -0.1) is 0 Å². The van der Waals surface area contributed by atoms with E-state index in [9.17, 15) is 18.3 Å². The molecule has 2 aromatic rings. The minimum absolute atomic E-state index is 0.0184. The van der Waals surface area contributed by atoms with Gasteiger partial charge in [0, 0.05) is 12.5 Å². The molecule has 20 heavy (non-hydrogen) atoms. The second kappa shape index (κ2) is 6.29. The van der Waals surface area contributed by atoms with E-state index in [1.165, 1.54) is 12.1 Å². The highest BCUT2D eigenvalue weighted by Gasteiger charge is 2.13. The van der Waals surface area contributed by atoms with Gasteiger partial charge in [-0.1, -0.05) is 23.7 Å². The number of aliphatic hydroxyl groups is 1. The summed E-state index contributed by atoms with van der Waals surface area (Å²) in [6, 6.07) is 7.54. The summed E-state index contributed by atoms with van der Waals surface area (Å²) >= 11 is 5.64. The van der Waals surface area contributed by atoms with Gasteiger partial charge in [0.15, 0.2) is 0 Å². The molecule has 5 heteroatoms. The molecule has 0 spiro atoms. The van der Waals surface area contributed by atoms with E-state index in [2.05, 4.69) is 0 Å². The third-order valence-electron chi connectivity index (χ3n) is 2.88. The number of halogens is 4. The van der Waals surface area contributed by atoms with Crippen LogP contribution in [-0.2, 0) is 12.8 Å². The number of aliphatic hydroxyl groups excluding tert-OH is 1. The summed E-state index contributed by atoms with van der Waals surface area (Å²) in [4.78, 5) is 0. The zero-order chi connectivity index (χ0) is 14.7. The van der Waals surface area contributed by atoms with Crippen molar-refractivity contribution in [1.82, 2.24) is 0 Å². The maximum Gasteiger partial charge on any atom is 0.145 e. The predicted octanol–water partition coefficient (Wildman–Crippen LogP) is 3.90. The summed E-state index contributed by atoms with van der Waals surface area (Å²) in [5, 5.41) is 9.88. The van der Waals surface area contributed by atoms with Crippen LogP contribution in [0.2, 0.25) is 5.02 Å². The molecule has 0 amide bonds. The topological polar surface area (TPSA) is 20.2 Å². The number of benzene rings is 2. The van der Waals surface area contributed by atoms with Crippen LogP contribution in [0.5, 0.6) is 0 Å². The highest BCUT2D eigenvalue weighted by atomic mass is 35.5. The van der Waals surface area contributed by atoms with Gasteiger partial charge in [-0.2, -0.15) is 0 Å². The fourth-order valence-electron chi connectivity index (χ4n) is 2.03. The normalized spacial score (nSPS) is 12.4. The Morgan fingerprint density at radius 1 is 1.00 bits per heavy atom. The molecular formula is C15H12ClF3O. The van der Waals surface area contributed by atoms with E-state index in [0.717, 1.165) is 18.2 Å². The summed E-state index contributed by atoms with van der Waals surface area (Å²) in [5.74, 6) is -2.00. The lowest BCUT2D eigenvalue weighted by atomic mass is 10.0. The molecule has 0 aliphatic carbocycles. The molecule has 0 aromatic heterocycles. The highest BCUT2D eigenvalue weighted by molar-refractivity contribution is 6.30. The third kappa shape index (κ3) is 3.74. The first kappa shape index (κ1) is 14.9. The van der Waals surface area contributed by atoms with Gasteiger partial charge in [0.05, 0.1) is 11.1 Å². The summed E-state index contributed by atoms with van der Waals surface area (Å²) in [7, 11) is 0. The van der Waals surface area contributed by atoms with Gasteiger partial charge >= 0.3 is 0 Å². The summed E-state index contributed by atoms with van der Waals surface area (Å²) in [6.07, 6.45) is -0.908. The zero-order valence-corrected chi connectivity index (χ0v) is 11.2. The smallest absolute Gasteiger partial charge is 0.145 e. The van der Waals surface area contributed by atoms with Gasteiger partial charge in [-0.05, 0) is 35.7 Å². The first-order chi connectivity index (χ1) is 9.45. The molecule has 1 atom stereocenters. The molecule has 0 bridgehead atoms. The van der Waals surface area contributed by atoms with Crippen LogP contribution < -0.4 is 0 Å². The van der Waals surface area contributed by atoms with Crippen molar-refractivity contribution in [1.29, 1.82) is 0 Å². The maximum atomic E-state index is 13.7. The molecule has 106 valence electrons. The molecule has 1 unspecified atom stereocenters. The Kier molecular flexibility index (Phi) is 4.68. The van der Waals surface area contributed by atoms with E-state index in [4.69, 9.17) is 11.6 Å². The Hall–Kier alpha value is -1.52. The van der Waals surface area contributed by atoms with E-state index in [1.54, 1.807) is 6.07 Å². The molecule has 1 N–H and O–H groups in total. The van der Waals surface area contributed by atoms with Crippen molar-refractivity contribution in [3.05, 3.63) is 70.0 Å². The van der Waals surface area contributed by atoms with Crippen LogP contribution in [0.15, 0.2) is 36.4 Å². The Morgan fingerprint density at radius 2 is 1.65 bits per heavy atom. The highest BCUT2D eigenvalue weighted by Crippen LogP contribution is 2.20. The molecule has 0 radical (unpaired) electrons. The average Bonchev–Trinajstić information content (AvgIpc) is 2.33. The van der Waals surface area contributed by atoms with Gasteiger partial charge < -0.3 is 5.11 Å². The summed E-state index contributed by atoms with van der Waals surface area (Å²) < 4.78 is 39.7. The van der Waals surface area contributed by atoms with Crippen LogP contribution in [0.25, 0.3) is 0 Å². The van der Waals surface area contributed by atoms with E-state index in [1.807, 2.05) is 0 Å². The predicted molar refractivity (Wildman–Crippen MR) is 71.2 cm³/mol. The van der Waals surface area contributed by atoms with Gasteiger partial charge in [0.1, 0.15) is 17.5 Å². The second-order valence-corrected chi connectivity index (χ2v) is 4.96. The van der Waals surface area contributed by atoms with Crippen molar-refractivity contribution in [2.75, 3.05) is 0 Å². The minimum Gasteiger partial charge on any atom is -0.392 e. The van der Waals surface area contributed by atoms with Crippen molar-refractivity contribution in [3.8, 4) is 0 Å². The lowest BCUT2D eigenvalue weighted by Gasteiger charge is -2.12. The quantitative estimate of drug-likeness (QED) is 0.908. The molecule has 0 fully saturated rings. The van der Waals surface area contributed by atoms with Crippen LogP contribution in [0.4, 0.5) is 13.2 Å². The van der Waals surface area contributed by atoms with Crippen LogP contribution in [-0.4, -0.2) is 11.2 Å². The van der Waals surface area contributed by atoms with Crippen LogP contribution >= 0.6 is 11.6 Å². The van der Waals surface area contributed by atoms with Gasteiger partial charge in [0.25, 0.3) is 0 Å². The van der Waals surface area contributed by atoms with Crippen molar-refractivity contribution in [2.24, 2.45) is 0 Å². The van der Waals surface area contributed by atoms with Gasteiger partial charge in [0.2, 0.25) is 0 Å². The Balaban J connectivity index is 2.09. The molecule has 0 saturated carbocycles. The van der Waals surface area contributed by atoms with Gasteiger partial charge in [-0.25, -0.2) is 13.2 Å². The lowest BCUT2D eigenvalue weighted by Crippen LogP contribution is -2.15. The summed E-state index contributed by atoms with van der Waals surface area (Å²) in [6.45, 7) is 0. The maximum absolute atomic E-state index is 13.7. The fourth-order valence-corrected chi connectivity index (χ4v) is 2.23. The van der Waals surface area contributed by atoms with E-state index >= 15 is 0 Å². The first-order valence-electron chi connectivity index (χ1n) is 6.01. The minimum atomic E-state index is -0.954. The third-order valence-corrected chi connectivity index (χ3v) is 3.17. The molecule has 0 aliphatic heterocycles. The van der Waals surface area contributed by atoms with Crippen molar-refractivity contribution in [2.45, 2.75) is 18.9 Å². The Labute approximate surface area is 119 Å². The number of hydrogen-bond donors (Lipinski definition) is 1. The Bertz CT molecular complexity index is 596. The van der Waals surface area contributed by atoms with E-state index in [0.29, 0.717) is 5.56 Å². The molecule has 0 saturated heterocycles. The van der Waals surface area contributed by atoms with Crippen LogP contribution in [0.1, 0.15) is 11.1 Å².